The molecule has 170 valence electrons. The SMILES string of the molecule is COC(=O)C1=C(O)[C@H](C(=O)OC)[C@H](c2ccc(C#N)cc2)C(C#N)(C#N)[C@H]1c1ccc(F)cc1. The van der Waals surface area contributed by atoms with Crippen LogP contribution in [0.3, 0.4) is 0 Å². The van der Waals surface area contributed by atoms with E-state index < -0.39 is 52.3 Å². The Morgan fingerprint density at radius 2 is 1.50 bits per heavy atom. The average Bonchev–Trinajstić information content (AvgIpc) is 2.87. The molecule has 0 heterocycles. The summed E-state index contributed by atoms with van der Waals surface area (Å²) in [7, 11) is 2.11. The molecular weight excluding hydrogens is 441 g/mol. The number of hydrogen-bond acceptors (Lipinski definition) is 8. The first-order chi connectivity index (χ1) is 16.3. The normalized spacial score (nSPS) is 20.9. The van der Waals surface area contributed by atoms with E-state index >= 15 is 0 Å². The molecular formula is C25H18FN3O5. The summed E-state index contributed by atoms with van der Waals surface area (Å²) in [6.07, 6.45) is 0. The van der Waals surface area contributed by atoms with Gasteiger partial charge in [-0.15, -0.1) is 0 Å². The van der Waals surface area contributed by atoms with Gasteiger partial charge in [0, 0.05) is 5.92 Å². The minimum atomic E-state index is -2.14. The van der Waals surface area contributed by atoms with E-state index in [1.54, 1.807) is 0 Å². The number of aliphatic hydroxyl groups is 1. The summed E-state index contributed by atoms with van der Waals surface area (Å²) < 4.78 is 23.3. The monoisotopic (exact) mass is 459 g/mol. The topological polar surface area (TPSA) is 144 Å². The number of carbonyl (C=O) groups excluding carboxylic acids is 2. The lowest BCUT2D eigenvalue weighted by Crippen LogP contribution is -2.47. The highest BCUT2D eigenvalue weighted by molar-refractivity contribution is 5.94. The Kier molecular flexibility index (Phi) is 6.66. The van der Waals surface area contributed by atoms with Crippen molar-refractivity contribution in [3.8, 4) is 18.2 Å². The number of nitriles is 3. The minimum absolute atomic E-state index is 0.179. The number of ether oxygens (including phenoxy) is 2. The smallest absolute Gasteiger partial charge is 0.337 e. The van der Waals surface area contributed by atoms with E-state index in [4.69, 9.17) is 14.7 Å². The van der Waals surface area contributed by atoms with Gasteiger partial charge in [0.05, 0.1) is 49.5 Å². The molecule has 0 fully saturated rings. The minimum Gasteiger partial charge on any atom is -0.511 e. The predicted octanol–water partition coefficient (Wildman–Crippen LogP) is 3.39. The fraction of sp³-hybridized carbons (Fsp3) is 0.240. The number of hydrogen-bond donors (Lipinski definition) is 1. The van der Waals surface area contributed by atoms with Crippen molar-refractivity contribution < 1.29 is 28.6 Å². The van der Waals surface area contributed by atoms with Crippen LogP contribution in [-0.4, -0.2) is 31.3 Å². The summed E-state index contributed by atoms with van der Waals surface area (Å²) in [6.45, 7) is 0. The summed E-state index contributed by atoms with van der Waals surface area (Å²) in [5.41, 5.74) is -1.87. The number of nitrogens with zero attached hydrogens (tertiary/aromatic N) is 3. The standard InChI is InChI=1S/C25H18FN3O5/c1-33-23(31)18-20(15-5-3-14(11-27)4-6-15)25(12-28,13-29)21(16-7-9-17(26)10-8-16)19(22(18)30)24(32)34-2/h3-10,18,20-21,30H,1-2H3/t18-,20+,21+/m1/s1. The van der Waals surface area contributed by atoms with Crippen molar-refractivity contribution in [1.82, 2.24) is 0 Å². The van der Waals surface area contributed by atoms with Crippen LogP contribution in [0.15, 0.2) is 59.9 Å². The van der Waals surface area contributed by atoms with Gasteiger partial charge in [0.25, 0.3) is 0 Å². The molecule has 0 aliphatic heterocycles. The van der Waals surface area contributed by atoms with Gasteiger partial charge in [0.1, 0.15) is 17.5 Å². The number of aliphatic hydroxyl groups excluding tert-OH is 1. The van der Waals surface area contributed by atoms with Crippen LogP contribution in [0.1, 0.15) is 28.5 Å². The van der Waals surface area contributed by atoms with Gasteiger partial charge < -0.3 is 14.6 Å². The van der Waals surface area contributed by atoms with Crippen LogP contribution in [0.25, 0.3) is 0 Å². The molecule has 0 bridgehead atoms. The first-order valence-electron chi connectivity index (χ1n) is 9.96. The Hall–Kier alpha value is -4.68. The van der Waals surface area contributed by atoms with Crippen LogP contribution in [0.2, 0.25) is 0 Å². The van der Waals surface area contributed by atoms with Crippen LogP contribution in [0, 0.1) is 51.1 Å². The molecule has 0 aromatic heterocycles. The zero-order chi connectivity index (χ0) is 25.0. The fourth-order valence-corrected chi connectivity index (χ4v) is 4.45. The zero-order valence-corrected chi connectivity index (χ0v) is 18.2. The van der Waals surface area contributed by atoms with Crippen LogP contribution >= 0.6 is 0 Å². The predicted molar refractivity (Wildman–Crippen MR) is 114 cm³/mol. The lowest BCUT2D eigenvalue weighted by Gasteiger charge is -2.44. The lowest BCUT2D eigenvalue weighted by molar-refractivity contribution is -0.147. The molecule has 0 radical (unpaired) electrons. The van der Waals surface area contributed by atoms with Crippen molar-refractivity contribution in [3.05, 3.63) is 82.4 Å². The Bertz CT molecular complexity index is 1270. The second-order valence-electron chi connectivity index (χ2n) is 7.58. The molecule has 3 atom stereocenters. The summed E-state index contributed by atoms with van der Waals surface area (Å²) in [5.74, 6) is -7.69. The molecule has 1 aliphatic carbocycles. The van der Waals surface area contributed by atoms with Crippen molar-refractivity contribution in [1.29, 1.82) is 15.8 Å². The van der Waals surface area contributed by atoms with Crippen LogP contribution in [0.4, 0.5) is 4.39 Å². The van der Waals surface area contributed by atoms with E-state index in [1.165, 1.54) is 36.4 Å². The Morgan fingerprint density at radius 1 is 0.941 bits per heavy atom. The van der Waals surface area contributed by atoms with Gasteiger partial charge in [0.15, 0.2) is 5.41 Å². The van der Waals surface area contributed by atoms with E-state index in [1.807, 2.05) is 18.2 Å². The molecule has 0 amide bonds. The second-order valence-corrected chi connectivity index (χ2v) is 7.58. The lowest BCUT2D eigenvalue weighted by atomic mass is 9.54. The van der Waals surface area contributed by atoms with Crippen molar-refractivity contribution in [2.24, 2.45) is 11.3 Å². The molecule has 34 heavy (non-hydrogen) atoms. The summed E-state index contributed by atoms with van der Waals surface area (Å²) >= 11 is 0. The summed E-state index contributed by atoms with van der Waals surface area (Å²) in [5, 5.41) is 41.1. The van der Waals surface area contributed by atoms with Crippen molar-refractivity contribution in [3.63, 3.8) is 0 Å². The molecule has 0 spiro atoms. The highest BCUT2D eigenvalue weighted by Gasteiger charge is 2.61. The van der Waals surface area contributed by atoms with Crippen molar-refractivity contribution >= 4 is 11.9 Å². The highest BCUT2D eigenvalue weighted by atomic mass is 19.1. The molecule has 1 N–H and O–H groups in total. The average molecular weight is 459 g/mol. The van der Waals surface area contributed by atoms with Crippen LogP contribution < -0.4 is 0 Å². The van der Waals surface area contributed by atoms with Crippen molar-refractivity contribution in [2.45, 2.75) is 11.8 Å². The van der Waals surface area contributed by atoms with E-state index in [0.717, 1.165) is 26.4 Å². The van der Waals surface area contributed by atoms with Gasteiger partial charge in [0.2, 0.25) is 0 Å². The number of carbonyl (C=O) groups is 2. The molecule has 2 aromatic carbocycles. The van der Waals surface area contributed by atoms with Gasteiger partial charge in [-0.05, 0) is 35.4 Å². The molecule has 9 heteroatoms. The van der Waals surface area contributed by atoms with Crippen molar-refractivity contribution in [2.75, 3.05) is 14.2 Å². The van der Waals surface area contributed by atoms with Crippen LogP contribution in [-0.2, 0) is 19.1 Å². The van der Waals surface area contributed by atoms with E-state index in [2.05, 4.69) is 0 Å². The third-order valence-electron chi connectivity index (χ3n) is 5.97. The first-order valence-corrected chi connectivity index (χ1v) is 9.96. The maximum atomic E-state index is 13.7. The van der Waals surface area contributed by atoms with E-state index in [9.17, 15) is 29.6 Å². The molecule has 0 saturated heterocycles. The maximum absolute atomic E-state index is 13.7. The maximum Gasteiger partial charge on any atom is 0.337 e. The Morgan fingerprint density at radius 3 is 1.97 bits per heavy atom. The van der Waals surface area contributed by atoms with Gasteiger partial charge in [-0.3, -0.25) is 4.79 Å². The third-order valence-corrected chi connectivity index (χ3v) is 5.97. The number of benzene rings is 2. The number of halogens is 1. The number of rotatable bonds is 4. The van der Waals surface area contributed by atoms with Gasteiger partial charge in [-0.2, -0.15) is 15.8 Å². The number of esters is 2. The fourth-order valence-electron chi connectivity index (χ4n) is 4.45. The molecule has 0 unspecified atom stereocenters. The van der Waals surface area contributed by atoms with Crippen LogP contribution in [0.5, 0.6) is 0 Å². The molecule has 0 saturated carbocycles. The summed E-state index contributed by atoms with van der Waals surface area (Å²) in [4.78, 5) is 25.7. The van der Waals surface area contributed by atoms with Gasteiger partial charge >= 0.3 is 11.9 Å². The number of methoxy groups -OCH3 is 2. The molecule has 2 aromatic rings. The second kappa shape index (κ2) is 9.44. The molecule has 1 aliphatic rings. The Labute approximate surface area is 194 Å². The third kappa shape index (κ3) is 3.72. The summed E-state index contributed by atoms with van der Waals surface area (Å²) in [6, 6.07) is 16.4. The Balaban J connectivity index is 2.46. The highest BCUT2D eigenvalue weighted by Crippen LogP contribution is 2.58. The zero-order valence-electron chi connectivity index (χ0n) is 18.2. The van der Waals surface area contributed by atoms with Gasteiger partial charge in [-0.1, -0.05) is 24.3 Å². The first kappa shape index (κ1) is 24.0. The quantitative estimate of drug-likeness (QED) is 0.685. The van der Waals surface area contributed by atoms with Gasteiger partial charge in [-0.25, -0.2) is 9.18 Å². The van der Waals surface area contributed by atoms with E-state index in [0.29, 0.717) is 5.56 Å². The molecule has 8 nitrogen and oxygen atoms in total. The van der Waals surface area contributed by atoms with E-state index in [-0.39, 0.29) is 11.1 Å². The molecule has 3 rings (SSSR count). The largest absolute Gasteiger partial charge is 0.511 e.